The zero-order valence-electron chi connectivity index (χ0n) is 24.1. The Morgan fingerprint density at radius 1 is 1.00 bits per heavy atom. The molecular formula is C31H32Cl2F4N2O5S. The van der Waals surface area contributed by atoms with E-state index in [-0.39, 0.29) is 37.6 Å². The first-order valence-electron chi connectivity index (χ1n) is 13.8. The van der Waals surface area contributed by atoms with Crippen molar-refractivity contribution >= 4 is 51.8 Å². The number of rotatable bonds is 9. The standard InChI is InChI=1S/C23H24ClFN2O5S.C6H5Cl.C2H3F3/c24-16-7-5-15(6-8-16)20-14-32-21(13-22(28)29)23(30)26(20)11-12-27(33(31)17-9-10-17)19-4-2-1-3-18(19)25;7-6-4-2-1-3-5-6;1-2(3,4)5/h1-8,17,20-21H,9-14H2,(H,28,29);1-5H;1H3. The molecule has 3 atom stereocenters. The SMILES string of the molecule is CC(F)(F)F.Clc1ccccc1.O=C(O)CC1OCC(c2ccc(Cl)cc2)N(CCN(c2ccccc2F)S(=O)C2CC2)C1=O. The number of hydrogen-bond donors (Lipinski definition) is 1. The summed E-state index contributed by atoms with van der Waals surface area (Å²) in [7, 11) is -1.44. The smallest absolute Gasteiger partial charge is 0.386 e. The van der Waals surface area contributed by atoms with Gasteiger partial charge in [-0.15, -0.1) is 0 Å². The van der Waals surface area contributed by atoms with Crippen molar-refractivity contribution in [3.8, 4) is 0 Å². The number of carboxylic acid groups (broad SMARTS) is 1. The molecule has 0 aromatic heterocycles. The molecule has 5 rings (SSSR count). The molecule has 244 valence electrons. The van der Waals surface area contributed by atoms with Gasteiger partial charge in [-0.25, -0.2) is 8.60 Å². The molecule has 1 heterocycles. The van der Waals surface area contributed by atoms with Crippen LogP contribution in [-0.4, -0.2) is 63.3 Å². The van der Waals surface area contributed by atoms with Gasteiger partial charge in [-0.3, -0.25) is 13.9 Å². The van der Waals surface area contributed by atoms with Crippen molar-refractivity contribution in [2.45, 2.75) is 49.8 Å². The van der Waals surface area contributed by atoms with Crippen LogP contribution < -0.4 is 4.31 Å². The highest BCUT2D eigenvalue weighted by Gasteiger charge is 2.39. The fourth-order valence-electron chi connectivity index (χ4n) is 4.26. The van der Waals surface area contributed by atoms with E-state index in [1.807, 2.05) is 30.3 Å². The normalized spacial score (nSPS) is 18.6. The Kier molecular flexibility index (Phi) is 13.6. The molecular weight excluding hydrogens is 659 g/mol. The topological polar surface area (TPSA) is 87.2 Å². The largest absolute Gasteiger partial charge is 0.481 e. The molecule has 1 N–H and O–H groups in total. The fraction of sp³-hybridized carbons (Fsp3) is 0.355. The van der Waals surface area contributed by atoms with Crippen molar-refractivity contribution in [2.24, 2.45) is 0 Å². The lowest BCUT2D eigenvalue weighted by molar-refractivity contribution is -0.165. The summed E-state index contributed by atoms with van der Waals surface area (Å²) < 4.78 is 65.8. The van der Waals surface area contributed by atoms with Gasteiger partial charge in [-0.05, 0) is 54.8 Å². The molecule has 0 spiro atoms. The number of carbonyl (C=O) groups is 2. The third kappa shape index (κ3) is 12.3. The Morgan fingerprint density at radius 3 is 2.07 bits per heavy atom. The first-order valence-corrected chi connectivity index (χ1v) is 15.8. The van der Waals surface area contributed by atoms with Crippen molar-refractivity contribution < 1.29 is 41.2 Å². The maximum Gasteiger partial charge on any atom is 0.386 e. The number of amides is 1. The van der Waals surface area contributed by atoms with E-state index in [1.165, 1.54) is 15.3 Å². The molecule has 45 heavy (non-hydrogen) atoms. The number of nitrogens with zero attached hydrogens (tertiary/aromatic N) is 2. The number of hydrogen-bond acceptors (Lipinski definition) is 4. The van der Waals surface area contributed by atoms with E-state index in [1.54, 1.807) is 42.5 Å². The van der Waals surface area contributed by atoms with Crippen molar-refractivity contribution in [1.82, 2.24) is 4.90 Å². The Hall–Kier alpha value is -3.19. The summed E-state index contributed by atoms with van der Waals surface area (Å²) >= 11 is 11.5. The van der Waals surface area contributed by atoms with Gasteiger partial charge >= 0.3 is 12.1 Å². The summed E-state index contributed by atoms with van der Waals surface area (Å²) in [5.74, 6) is -2.09. The van der Waals surface area contributed by atoms with E-state index in [0.29, 0.717) is 5.02 Å². The Bertz CT molecular complexity index is 1420. The van der Waals surface area contributed by atoms with Crippen molar-refractivity contribution in [1.29, 1.82) is 0 Å². The molecule has 7 nitrogen and oxygen atoms in total. The van der Waals surface area contributed by atoms with Gasteiger partial charge in [0.15, 0.2) is 0 Å². The molecule has 1 saturated carbocycles. The minimum atomic E-state index is -4.00. The second kappa shape index (κ2) is 16.9. The van der Waals surface area contributed by atoms with Gasteiger partial charge in [-0.2, -0.15) is 13.2 Å². The van der Waals surface area contributed by atoms with E-state index < -0.39 is 53.4 Å². The van der Waals surface area contributed by atoms with E-state index in [4.69, 9.17) is 33.0 Å². The van der Waals surface area contributed by atoms with Crippen LogP contribution in [0.4, 0.5) is 23.2 Å². The molecule has 1 saturated heterocycles. The number of ether oxygens (including phenoxy) is 1. The predicted molar refractivity (Wildman–Crippen MR) is 166 cm³/mol. The molecule has 1 aliphatic carbocycles. The second-order valence-electron chi connectivity index (χ2n) is 10.1. The molecule has 0 radical (unpaired) electrons. The first kappa shape index (κ1) is 36.3. The van der Waals surface area contributed by atoms with Crippen LogP contribution in [-0.2, 0) is 25.3 Å². The van der Waals surface area contributed by atoms with Crippen LogP contribution in [0.3, 0.4) is 0 Å². The molecule has 2 aliphatic rings. The van der Waals surface area contributed by atoms with E-state index in [2.05, 4.69) is 0 Å². The van der Waals surface area contributed by atoms with Gasteiger partial charge in [0.05, 0.1) is 30.0 Å². The van der Waals surface area contributed by atoms with Gasteiger partial charge in [0.1, 0.15) is 22.9 Å². The first-order chi connectivity index (χ1) is 21.2. The highest BCUT2D eigenvalue weighted by atomic mass is 35.5. The number of morpholine rings is 1. The van der Waals surface area contributed by atoms with Crippen molar-refractivity contribution in [2.75, 3.05) is 24.0 Å². The van der Waals surface area contributed by atoms with Crippen LogP contribution in [0.1, 0.15) is 37.8 Å². The fourth-order valence-corrected chi connectivity index (χ4v) is 6.04. The van der Waals surface area contributed by atoms with E-state index in [0.717, 1.165) is 23.4 Å². The van der Waals surface area contributed by atoms with E-state index in [9.17, 15) is 31.4 Å². The third-order valence-corrected chi connectivity index (χ3v) is 8.79. The number of anilines is 1. The van der Waals surface area contributed by atoms with Crippen LogP contribution >= 0.6 is 23.2 Å². The van der Waals surface area contributed by atoms with Crippen molar-refractivity contribution in [3.63, 3.8) is 0 Å². The van der Waals surface area contributed by atoms with Gasteiger partial charge < -0.3 is 14.7 Å². The molecule has 14 heteroatoms. The zero-order valence-corrected chi connectivity index (χ0v) is 26.5. The van der Waals surface area contributed by atoms with Gasteiger partial charge in [0, 0.05) is 30.1 Å². The summed E-state index contributed by atoms with van der Waals surface area (Å²) in [4.78, 5) is 25.9. The predicted octanol–water partition coefficient (Wildman–Crippen LogP) is 7.46. The maximum atomic E-state index is 14.6. The average molecular weight is 692 g/mol. The van der Waals surface area contributed by atoms with Gasteiger partial charge in [0.25, 0.3) is 5.91 Å². The molecule has 3 aromatic rings. The zero-order chi connectivity index (χ0) is 33.1. The number of alkyl halides is 3. The lowest BCUT2D eigenvalue weighted by Crippen LogP contribution is -2.52. The molecule has 3 unspecified atom stereocenters. The lowest BCUT2D eigenvalue weighted by atomic mass is 10.0. The molecule has 3 aromatic carbocycles. The van der Waals surface area contributed by atoms with Gasteiger partial charge in [0.2, 0.25) is 0 Å². The summed E-state index contributed by atoms with van der Waals surface area (Å²) in [6, 6.07) is 22.1. The van der Waals surface area contributed by atoms with Crippen LogP contribution in [0.2, 0.25) is 10.0 Å². The molecule has 2 fully saturated rings. The Balaban J connectivity index is 0.000000386. The van der Waals surface area contributed by atoms with Crippen LogP contribution in [0.15, 0.2) is 78.9 Å². The van der Waals surface area contributed by atoms with E-state index >= 15 is 0 Å². The van der Waals surface area contributed by atoms with Crippen LogP contribution in [0.5, 0.6) is 0 Å². The number of para-hydroxylation sites is 1. The number of aliphatic carboxylic acids is 1. The monoisotopic (exact) mass is 690 g/mol. The van der Waals surface area contributed by atoms with Crippen molar-refractivity contribution in [3.05, 3.63) is 100 Å². The molecule has 1 aliphatic heterocycles. The number of halogens is 6. The van der Waals surface area contributed by atoms with Crippen LogP contribution in [0.25, 0.3) is 0 Å². The number of benzene rings is 3. The van der Waals surface area contributed by atoms with Gasteiger partial charge in [-0.1, -0.05) is 65.7 Å². The lowest BCUT2D eigenvalue weighted by Gasteiger charge is -2.40. The maximum absolute atomic E-state index is 14.6. The quantitative estimate of drug-likeness (QED) is 0.236. The minimum Gasteiger partial charge on any atom is -0.481 e. The Labute approximate surface area is 271 Å². The average Bonchev–Trinajstić information content (AvgIpc) is 3.82. The second-order valence-corrected chi connectivity index (χ2v) is 12.7. The third-order valence-electron chi connectivity index (χ3n) is 6.43. The highest BCUT2D eigenvalue weighted by Crippen LogP contribution is 2.33. The highest BCUT2D eigenvalue weighted by molar-refractivity contribution is 7.87. The molecule has 0 bridgehead atoms. The summed E-state index contributed by atoms with van der Waals surface area (Å²) in [6.45, 7) is 0.543. The number of carbonyl (C=O) groups excluding carboxylic acids is 1. The summed E-state index contributed by atoms with van der Waals surface area (Å²) in [5.41, 5.74) is 0.996. The number of carboxylic acids is 1. The minimum absolute atomic E-state index is 0.0307. The summed E-state index contributed by atoms with van der Waals surface area (Å²) in [5, 5.41) is 10.5. The van der Waals surface area contributed by atoms with Crippen LogP contribution in [0, 0.1) is 5.82 Å². The molecule has 1 amide bonds. The Morgan fingerprint density at radius 2 is 1.56 bits per heavy atom. The summed E-state index contributed by atoms with van der Waals surface area (Å²) in [6.07, 6.45) is -3.94.